The second-order valence-electron chi connectivity index (χ2n) is 5.97. The third-order valence-corrected chi connectivity index (χ3v) is 3.62. The summed E-state index contributed by atoms with van der Waals surface area (Å²) in [6.45, 7) is 6.99. The van der Waals surface area contributed by atoms with Gasteiger partial charge in [0.05, 0.1) is 0 Å². The standard InChI is InChI=1S/C18H23FN2O4/c1-4-5-6-14(18(24)25)20-17(23)15(11(2)3)21-16(22)12-7-9-13(19)10-8-12/h4,7-11,14-15H,1,5-6H2,2-3H3,(H,20,23)(H,21,22)(H,24,25). The highest BCUT2D eigenvalue weighted by atomic mass is 19.1. The Morgan fingerprint density at radius 3 is 2.28 bits per heavy atom. The van der Waals surface area contributed by atoms with Crippen LogP contribution in [-0.2, 0) is 9.59 Å². The molecule has 1 aromatic rings. The van der Waals surface area contributed by atoms with Gasteiger partial charge in [-0.25, -0.2) is 9.18 Å². The maximum absolute atomic E-state index is 12.9. The Morgan fingerprint density at radius 2 is 1.80 bits per heavy atom. The fourth-order valence-corrected chi connectivity index (χ4v) is 2.16. The molecule has 2 amide bonds. The molecule has 25 heavy (non-hydrogen) atoms. The van der Waals surface area contributed by atoms with Gasteiger partial charge in [0.2, 0.25) is 5.91 Å². The molecule has 2 unspecified atom stereocenters. The first kappa shape index (κ1) is 20.3. The van der Waals surface area contributed by atoms with Crippen molar-refractivity contribution in [3.05, 3.63) is 48.3 Å². The lowest BCUT2D eigenvalue weighted by Crippen LogP contribution is -2.53. The molecule has 0 heterocycles. The van der Waals surface area contributed by atoms with Crippen LogP contribution in [0.25, 0.3) is 0 Å². The summed E-state index contributed by atoms with van der Waals surface area (Å²) in [7, 11) is 0. The molecule has 2 atom stereocenters. The Balaban J connectivity index is 2.82. The Kier molecular flexibility index (Phi) is 7.78. The third kappa shape index (κ3) is 6.37. The van der Waals surface area contributed by atoms with Crippen LogP contribution in [0.5, 0.6) is 0 Å². The molecule has 0 spiro atoms. The molecule has 0 aliphatic heterocycles. The number of nitrogens with one attached hydrogen (secondary N) is 2. The van der Waals surface area contributed by atoms with Crippen molar-refractivity contribution in [2.45, 2.75) is 38.8 Å². The zero-order valence-corrected chi connectivity index (χ0v) is 14.3. The van der Waals surface area contributed by atoms with E-state index in [9.17, 15) is 23.9 Å². The van der Waals surface area contributed by atoms with E-state index in [0.29, 0.717) is 6.42 Å². The van der Waals surface area contributed by atoms with Gasteiger partial charge in [-0.15, -0.1) is 6.58 Å². The first-order valence-electron chi connectivity index (χ1n) is 7.96. The number of benzene rings is 1. The molecule has 1 rings (SSSR count). The number of hydrogen-bond acceptors (Lipinski definition) is 3. The number of rotatable bonds is 9. The lowest BCUT2D eigenvalue weighted by atomic mass is 10.0. The summed E-state index contributed by atoms with van der Waals surface area (Å²) in [6, 6.07) is 2.94. The van der Waals surface area contributed by atoms with E-state index >= 15 is 0 Å². The van der Waals surface area contributed by atoms with E-state index in [0.717, 1.165) is 12.1 Å². The molecular weight excluding hydrogens is 327 g/mol. The highest BCUT2D eigenvalue weighted by molar-refractivity contribution is 5.98. The molecule has 0 aliphatic carbocycles. The summed E-state index contributed by atoms with van der Waals surface area (Å²) >= 11 is 0. The minimum Gasteiger partial charge on any atom is -0.480 e. The quantitative estimate of drug-likeness (QED) is 0.595. The second kappa shape index (κ2) is 9.56. The van der Waals surface area contributed by atoms with Crippen molar-refractivity contribution < 1.29 is 23.9 Å². The summed E-state index contributed by atoms with van der Waals surface area (Å²) in [6.07, 6.45) is 2.21. The van der Waals surface area contributed by atoms with Gasteiger partial charge in [-0.2, -0.15) is 0 Å². The van der Waals surface area contributed by atoms with Gasteiger partial charge in [0.25, 0.3) is 5.91 Å². The maximum atomic E-state index is 12.9. The van der Waals surface area contributed by atoms with Crippen molar-refractivity contribution in [2.75, 3.05) is 0 Å². The number of carbonyl (C=O) groups excluding carboxylic acids is 2. The number of aliphatic carboxylic acids is 1. The molecular formula is C18H23FN2O4. The van der Waals surface area contributed by atoms with E-state index in [1.807, 2.05) is 0 Å². The van der Waals surface area contributed by atoms with Crippen LogP contribution in [0.2, 0.25) is 0 Å². The number of hydrogen-bond donors (Lipinski definition) is 3. The Morgan fingerprint density at radius 1 is 1.20 bits per heavy atom. The van der Waals surface area contributed by atoms with E-state index in [4.69, 9.17) is 0 Å². The van der Waals surface area contributed by atoms with Crippen LogP contribution in [0.3, 0.4) is 0 Å². The summed E-state index contributed by atoms with van der Waals surface area (Å²) in [4.78, 5) is 35.9. The topological polar surface area (TPSA) is 95.5 Å². The summed E-state index contributed by atoms with van der Waals surface area (Å²) < 4.78 is 12.9. The van der Waals surface area contributed by atoms with Crippen molar-refractivity contribution in [3.63, 3.8) is 0 Å². The second-order valence-corrected chi connectivity index (χ2v) is 5.97. The average molecular weight is 350 g/mol. The Hall–Kier alpha value is -2.70. The highest BCUT2D eigenvalue weighted by Crippen LogP contribution is 2.08. The monoisotopic (exact) mass is 350 g/mol. The van der Waals surface area contributed by atoms with Crippen molar-refractivity contribution in [1.82, 2.24) is 10.6 Å². The predicted molar refractivity (Wildman–Crippen MR) is 91.5 cm³/mol. The minimum atomic E-state index is -1.15. The van der Waals surface area contributed by atoms with Crippen LogP contribution in [0.15, 0.2) is 36.9 Å². The van der Waals surface area contributed by atoms with Crippen molar-refractivity contribution >= 4 is 17.8 Å². The number of carbonyl (C=O) groups is 3. The first-order valence-corrected chi connectivity index (χ1v) is 7.96. The van der Waals surface area contributed by atoms with Crippen LogP contribution in [-0.4, -0.2) is 35.0 Å². The van der Waals surface area contributed by atoms with E-state index < -0.39 is 35.7 Å². The number of carboxylic acid groups (broad SMARTS) is 1. The third-order valence-electron chi connectivity index (χ3n) is 3.62. The summed E-state index contributed by atoms with van der Waals surface area (Å²) in [5.74, 6) is -3.00. The molecule has 0 saturated heterocycles. The van der Waals surface area contributed by atoms with Crippen molar-refractivity contribution in [3.8, 4) is 0 Å². The van der Waals surface area contributed by atoms with Gasteiger partial charge in [0.15, 0.2) is 0 Å². The number of carboxylic acids is 1. The number of halogens is 1. The lowest BCUT2D eigenvalue weighted by Gasteiger charge is -2.24. The van der Waals surface area contributed by atoms with E-state index in [2.05, 4.69) is 17.2 Å². The molecule has 0 radical (unpaired) electrons. The van der Waals surface area contributed by atoms with Crippen LogP contribution in [0, 0.1) is 11.7 Å². The van der Waals surface area contributed by atoms with Crippen molar-refractivity contribution in [1.29, 1.82) is 0 Å². The molecule has 0 bridgehead atoms. The lowest BCUT2D eigenvalue weighted by molar-refractivity contribution is -0.142. The first-order chi connectivity index (χ1) is 11.8. The molecule has 7 heteroatoms. The fourth-order valence-electron chi connectivity index (χ4n) is 2.16. The van der Waals surface area contributed by atoms with Gasteiger partial charge >= 0.3 is 5.97 Å². The molecule has 136 valence electrons. The highest BCUT2D eigenvalue weighted by Gasteiger charge is 2.28. The van der Waals surface area contributed by atoms with E-state index in [-0.39, 0.29) is 17.9 Å². The van der Waals surface area contributed by atoms with Crippen LogP contribution in [0.4, 0.5) is 4.39 Å². The van der Waals surface area contributed by atoms with Gasteiger partial charge in [-0.05, 0) is 43.0 Å². The van der Waals surface area contributed by atoms with Gasteiger partial charge in [0.1, 0.15) is 17.9 Å². The summed E-state index contributed by atoms with van der Waals surface area (Å²) in [5.41, 5.74) is 0.210. The zero-order valence-electron chi connectivity index (χ0n) is 14.3. The maximum Gasteiger partial charge on any atom is 0.326 e. The molecule has 0 aromatic heterocycles. The fraction of sp³-hybridized carbons (Fsp3) is 0.389. The SMILES string of the molecule is C=CCCC(NC(=O)C(NC(=O)c1ccc(F)cc1)C(C)C)C(=O)O. The molecule has 0 fully saturated rings. The molecule has 0 saturated carbocycles. The van der Waals surface area contributed by atoms with Crippen LogP contribution in [0.1, 0.15) is 37.0 Å². The Labute approximate surface area is 146 Å². The van der Waals surface area contributed by atoms with E-state index in [1.54, 1.807) is 19.9 Å². The largest absolute Gasteiger partial charge is 0.480 e. The van der Waals surface area contributed by atoms with Gasteiger partial charge in [0, 0.05) is 5.56 Å². The van der Waals surface area contributed by atoms with Crippen LogP contribution < -0.4 is 10.6 Å². The predicted octanol–water partition coefficient (Wildman–Crippen LogP) is 2.12. The van der Waals surface area contributed by atoms with Gasteiger partial charge < -0.3 is 15.7 Å². The zero-order chi connectivity index (χ0) is 19.0. The number of amides is 2. The van der Waals surface area contributed by atoms with Gasteiger partial charge in [-0.3, -0.25) is 9.59 Å². The van der Waals surface area contributed by atoms with E-state index in [1.165, 1.54) is 12.1 Å². The minimum absolute atomic E-state index is 0.210. The molecule has 3 N–H and O–H groups in total. The average Bonchev–Trinajstić information content (AvgIpc) is 2.56. The van der Waals surface area contributed by atoms with Crippen molar-refractivity contribution in [2.24, 2.45) is 5.92 Å². The molecule has 1 aromatic carbocycles. The van der Waals surface area contributed by atoms with Crippen LogP contribution >= 0.6 is 0 Å². The smallest absolute Gasteiger partial charge is 0.326 e. The molecule has 6 nitrogen and oxygen atoms in total. The van der Waals surface area contributed by atoms with Gasteiger partial charge in [-0.1, -0.05) is 19.9 Å². The summed E-state index contributed by atoms with van der Waals surface area (Å²) in [5, 5.41) is 14.2. The Bertz CT molecular complexity index is 628. The normalized spacial score (nSPS) is 13.0. The number of allylic oxidation sites excluding steroid dienone is 1. The molecule has 0 aliphatic rings.